The lowest BCUT2D eigenvalue weighted by atomic mass is 10.1. The van der Waals surface area contributed by atoms with Gasteiger partial charge in [-0.15, -0.1) is 5.10 Å². The number of carboxylic acids is 1. The highest BCUT2D eigenvalue weighted by molar-refractivity contribution is 5.88. The zero-order valence-electron chi connectivity index (χ0n) is 9.99. The molecule has 0 bridgehead atoms. The largest absolute Gasteiger partial charge is 0.478 e. The molecule has 0 saturated heterocycles. The van der Waals surface area contributed by atoms with Gasteiger partial charge in [-0.3, -0.25) is 0 Å². The van der Waals surface area contributed by atoms with Crippen molar-refractivity contribution < 1.29 is 14.6 Å². The quantitative estimate of drug-likeness (QED) is 0.902. The average molecular weight is 255 g/mol. The van der Waals surface area contributed by atoms with E-state index >= 15 is 0 Å². The summed E-state index contributed by atoms with van der Waals surface area (Å²) < 4.78 is 5.48. The van der Waals surface area contributed by atoms with Gasteiger partial charge in [-0.25, -0.2) is 4.79 Å². The predicted molar refractivity (Wildman–Crippen MR) is 65.0 cm³/mol. The number of carbonyl (C=O) groups is 1. The van der Waals surface area contributed by atoms with Gasteiger partial charge in [0, 0.05) is 0 Å². The summed E-state index contributed by atoms with van der Waals surface area (Å²) in [7, 11) is 0. The highest BCUT2D eigenvalue weighted by atomic mass is 16.5. The van der Waals surface area contributed by atoms with Crippen molar-refractivity contribution in [2.24, 2.45) is 0 Å². The molecule has 2 rings (SSSR count). The monoisotopic (exact) mass is 255 g/mol. The molecular weight excluding hydrogens is 246 g/mol. The van der Waals surface area contributed by atoms with Crippen molar-refractivity contribution in [3.05, 3.63) is 47.2 Å². The van der Waals surface area contributed by atoms with Crippen molar-refractivity contribution in [1.82, 2.24) is 10.2 Å². The minimum atomic E-state index is -1.01. The summed E-state index contributed by atoms with van der Waals surface area (Å²) in [4.78, 5) is 10.8. The Hall–Kier alpha value is -2.94. The fraction of sp³-hybridized carbons (Fsp3) is 0.0769. The molecule has 1 aromatic carbocycles. The van der Waals surface area contributed by atoms with Crippen LogP contribution >= 0.6 is 0 Å². The summed E-state index contributed by atoms with van der Waals surface area (Å²) in [5.74, 6) is -0.481. The van der Waals surface area contributed by atoms with Crippen LogP contribution in [0, 0.1) is 18.3 Å². The van der Waals surface area contributed by atoms with Crippen LogP contribution in [0.4, 0.5) is 0 Å². The lowest BCUT2D eigenvalue weighted by molar-refractivity contribution is 0.0697. The molecule has 6 nitrogen and oxygen atoms in total. The summed E-state index contributed by atoms with van der Waals surface area (Å²) in [5, 5.41) is 25.2. The number of ether oxygens (including phenoxy) is 1. The molecule has 0 aliphatic carbocycles. The number of rotatable bonds is 3. The first-order chi connectivity index (χ1) is 9.11. The van der Waals surface area contributed by atoms with Gasteiger partial charge in [0.2, 0.25) is 0 Å². The Kier molecular flexibility index (Phi) is 3.39. The molecule has 0 unspecified atom stereocenters. The van der Waals surface area contributed by atoms with Crippen molar-refractivity contribution in [2.45, 2.75) is 6.92 Å². The summed E-state index contributed by atoms with van der Waals surface area (Å²) in [6, 6.07) is 7.86. The Balaban J connectivity index is 2.34. The van der Waals surface area contributed by atoms with E-state index in [1.54, 1.807) is 6.92 Å². The third kappa shape index (κ3) is 2.66. The normalized spacial score (nSPS) is 9.68. The number of nitriles is 1. The lowest BCUT2D eigenvalue weighted by Crippen LogP contribution is -1.99. The van der Waals surface area contributed by atoms with E-state index in [1.165, 1.54) is 30.5 Å². The molecule has 2 aromatic rings. The third-order valence-electron chi connectivity index (χ3n) is 2.44. The molecule has 1 heterocycles. The van der Waals surface area contributed by atoms with Crippen LogP contribution in [0.3, 0.4) is 0 Å². The van der Waals surface area contributed by atoms with Gasteiger partial charge in [0.25, 0.3) is 5.88 Å². The number of nitrogens with zero attached hydrogens (tertiary/aromatic N) is 3. The first kappa shape index (κ1) is 12.5. The molecule has 0 atom stereocenters. The predicted octanol–water partition coefficient (Wildman–Crippen LogP) is 2.15. The molecule has 0 fully saturated rings. The molecule has 0 spiro atoms. The van der Waals surface area contributed by atoms with Crippen LogP contribution in [0.2, 0.25) is 0 Å². The number of carboxylic acid groups (broad SMARTS) is 1. The van der Waals surface area contributed by atoms with Crippen molar-refractivity contribution in [3.8, 4) is 17.7 Å². The first-order valence-electron chi connectivity index (χ1n) is 5.35. The van der Waals surface area contributed by atoms with Crippen molar-refractivity contribution in [3.63, 3.8) is 0 Å². The molecule has 0 radical (unpaired) electrons. The van der Waals surface area contributed by atoms with E-state index in [0.717, 1.165) is 0 Å². The van der Waals surface area contributed by atoms with Crippen LogP contribution in [0.25, 0.3) is 0 Å². The Labute approximate surface area is 108 Å². The van der Waals surface area contributed by atoms with Crippen LogP contribution in [0.5, 0.6) is 11.6 Å². The SMILES string of the molecule is Cc1cc(C(=O)O)ccc1Oc1nnccc1C#N. The molecule has 0 aliphatic heterocycles. The van der Waals surface area contributed by atoms with Crippen molar-refractivity contribution >= 4 is 5.97 Å². The molecule has 1 N–H and O–H groups in total. The van der Waals surface area contributed by atoms with E-state index in [9.17, 15) is 4.79 Å². The number of aryl methyl sites for hydroxylation is 1. The fourth-order valence-corrected chi connectivity index (χ4v) is 1.48. The molecular formula is C13H9N3O3. The number of hydrogen-bond acceptors (Lipinski definition) is 5. The smallest absolute Gasteiger partial charge is 0.335 e. The topological polar surface area (TPSA) is 96.1 Å². The van der Waals surface area contributed by atoms with E-state index in [2.05, 4.69) is 10.2 Å². The Morgan fingerprint density at radius 2 is 2.21 bits per heavy atom. The van der Waals surface area contributed by atoms with Crippen LogP contribution in [0.1, 0.15) is 21.5 Å². The second-order valence-electron chi connectivity index (χ2n) is 3.75. The summed E-state index contributed by atoms with van der Waals surface area (Å²) >= 11 is 0. The Morgan fingerprint density at radius 1 is 1.42 bits per heavy atom. The summed E-state index contributed by atoms with van der Waals surface area (Å²) in [6.45, 7) is 1.71. The summed E-state index contributed by atoms with van der Waals surface area (Å²) in [6.07, 6.45) is 1.39. The molecule has 94 valence electrons. The van der Waals surface area contributed by atoms with E-state index in [-0.39, 0.29) is 17.0 Å². The van der Waals surface area contributed by atoms with E-state index in [4.69, 9.17) is 15.1 Å². The summed E-state index contributed by atoms with van der Waals surface area (Å²) in [5.41, 5.74) is 1.07. The third-order valence-corrected chi connectivity index (χ3v) is 2.44. The van der Waals surface area contributed by atoms with E-state index < -0.39 is 5.97 Å². The van der Waals surface area contributed by atoms with Gasteiger partial charge in [-0.2, -0.15) is 10.4 Å². The Morgan fingerprint density at radius 3 is 2.84 bits per heavy atom. The highest BCUT2D eigenvalue weighted by Crippen LogP contribution is 2.26. The highest BCUT2D eigenvalue weighted by Gasteiger charge is 2.10. The first-order valence-corrected chi connectivity index (χ1v) is 5.35. The standard InChI is InChI=1S/C13H9N3O3/c1-8-6-9(13(17)18)2-3-11(8)19-12-10(7-14)4-5-15-16-12/h2-6H,1H3,(H,17,18). The molecule has 19 heavy (non-hydrogen) atoms. The van der Waals surface area contributed by atoms with E-state index in [0.29, 0.717) is 11.3 Å². The van der Waals surface area contributed by atoms with Gasteiger partial charge in [-0.05, 0) is 36.8 Å². The zero-order chi connectivity index (χ0) is 13.8. The van der Waals surface area contributed by atoms with Crippen LogP contribution in [-0.2, 0) is 0 Å². The van der Waals surface area contributed by atoms with Gasteiger partial charge >= 0.3 is 5.97 Å². The van der Waals surface area contributed by atoms with Crippen LogP contribution in [-0.4, -0.2) is 21.3 Å². The maximum absolute atomic E-state index is 10.8. The Bertz CT molecular complexity index is 677. The second kappa shape index (κ2) is 5.14. The maximum atomic E-state index is 10.8. The lowest BCUT2D eigenvalue weighted by Gasteiger charge is -2.08. The number of aromatic carboxylic acids is 1. The van der Waals surface area contributed by atoms with Gasteiger partial charge < -0.3 is 9.84 Å². The average Bonchev–Trinajstić information content (AvgIpc) is 2.41. The number of hydrogen-bond donors (Lipinski definition) is 1. The van der Waals surface area contributed by atoms with Gasteiger partial charge in [0.15, 0.2) is 0 Å². The van der Waals surface area contributed by atoms with Crippen molar-refractivity contribution in [2.75, 3.05) is 0 Å². The molecule has 0 saturated carbocycles. The number of benzene rings is 1. The van der Waals surface area contributed by atoms with E-state index in [1.807, 2.05) is 6.07 Å². The minimum Gasteiger partial charge on any atom is -0.478 e. The number of aromatic nitrogens is 2. The van der Waals surface area contributed by atoms with Gasteiger partial charge in [0.05, 0.1) is 11.8 Å². The molecule has 6 heteroatoms. The zero-order valence-corrected chi connectivity index (χ0v) is 9.99. The molecule has 0 amide bonds. The fourth-order valence-electron chi connectivity index (χ4n) is 1.48. The van der Waals surface area contributed by atoms with Crippen molar-refractivity contribution in [1.29, 1.82) is 5.26 Å². The minimum absolute atomic E-state index is 0.0937. The second-order valence-corrected chi connectivity index (χ2v) is 3.75. The van der Waals surface area contributed by atoms with Crippen LogP contribution < -0.4 is 4.74 Å². The van der Waals surface area contributed by atoms with Gasteiger partial charge in [0.1, 0.15) is 17.4 Å². The van der Waals surface area contributed by atoms with Gasteiger partial charge in [-0.1, -0.05) is 0 Å². The van der Waals surface area contributed by atoms with Crippen LogP contribution in [0.15, 0.2) is 30.5 Å². The molecule has 0 aliphatic rings. The molecule has 1 aromatic heterocycles. The maximum Gasteiger partial charge on any atom is 0.335 e.